The van der Waals surface area contributed by atoms with Gasteiger partial charge in [-0.05, 0) is 41.2 Å². The number of hydrogen-bond donors (Lipinski definition) is 3. The van der Waals surface area contributed by atoms with Crippen LogP contribution < -0.4 is 10.6 Å². The predicted molar refractivity (Wildman–Crippen MR) is 134 cm³/mol. The molecule has 0 bridgehead atoms. The van der Waals surface area contributed by atoms with Crippen molar-refractivity contribution < 1.29 is 19.5 Å². The van der Waals surface area contributed by atoms with E-state index in [4.69, 9.17) is 0 Å². The van der Waals surface area contributed by atoms with E-state index in [0.717, 1.165) is 11.1 Å². The van der Waals surface area contributed by atoms with Crippen molar-refractivity contribution in [3.63, 3.8) is 0 Å². The van der Waals surface area contributed by atoms with Crippen LogP contribution in [0.3, 0.4) is 0 Å². The van der Waals surface area contributed by atoms with E-state index >= 15 is 0 Å². The lowest BCUT2D eigenvalue weighted by molar-refractivity contribution is -0.153. The second-order valence-electron chi connectivity index (χ2n) is 11.4. The van der Waals surface area contributed by atoms with Crippen molar-refractivity contribution in [1.29, 1.82) is 5.26 Å². The van der Waals surface area contributed by atoms with Crippen molar-refractivity contribution in [3.05, 3.63) is 59.7 Å². The minimum atomic E-state index is -1.90. The van der Waals surface area contributed by atoms with E-state index in [2.05, 4.69) is 30.6 Å². The minimum Gasteiger partial charge on any atom is -0.372 e. The Morgan fingerprint density at radius 3 is 2.35 bits per heavy atom. The lowest BCUT2D eigenvalue weighted by Crippen LogP contribution is -2.56. The summed E-state index contributed by atoms with van der Waals surface area (Å²) in [5.41, 5.74) is 0.617. The molecule has 3 N–H and O–H groups in total. The molecule has 0 unspecified atom stereocenters. The third-order valence-corrected chi connectivity index (χ3v) is 9.13. The summed E-state index contributed by atoms with van der Waals surface area (Å²) in [5, 5.41) is 27.4. The highest BCUT2D eigenvalue weighted by molar-refractivity contribution is 6.01. The maximum Gasteiger partial charge on any atom is 0.264 e. The molecule has 2 aromatic carbocycles. The molecule has 3 amide bonds. The molecule has 2 aliphatic heterocycles. The maximum absolute atomic E-state index is 14.2. The lowest BCUT2D eigenvalue weighted by atomic mass is 9.88. The molecule has 2 aromatic rings. The Bertz CT molecular complexity index is 1320. The highest BCUT2D eigenvalue weighted by Gasteiger charge is 2.70. The van der Waals surface area contributed by atoms with Crippen molar-refractivity contribution in [2.45, 2.75) is 44.4 Å². The molecule has 8 heteroatoms. The Morgan fingerprint density at radius 2 is 1.78 bits per heavy atom. The number of rotatable bonds is 5. The fraction of sp³-hybridized carbons (Fsp3) is 0.448. The van der Waals surface area contributed by atoms with E-state index in [-0.39, 0.29) is 35.5 Å². The molecule has 0 aromatic heterocycles. The summed E-state index contributed by atoms with van der Waals surface area (Å²) in [6, 6.07) is 15.2. The molecule has 0 spiro atoms. The first kappa shape index (κ1) is 23.7. The molecule has 0 radical (unpaired) electrons. The molecule has 8 nitrogen and oxygen atoms in total. The summed E-state index contributed by atoms with van der Waals surface area (Å²) in [6.45, 7) is 5.11. The maximum atomic E-state index is 14.2. The number of fused-ring (bicyclic) bond motifs is 4. The largest absolute Gasteiger partial charge is 0.372 e. The Balaban J connectivity index is 1.31. The third-order valence-electron chi connectivity index (χ3n) is 9.13. The van der Waals surface area contributed by atoms with Gasteiger partial charge in [0.1, 0.15) is 12.1 Å². The standard InChI is InChI=1S/C29H30N4O4/c1-28(2)22-15-33(24(23(22)28)26(35)32-17(14-30)13-16-11-12-31-25(16)34)27(36)29(37)20-9-5-3-7-18(20)19-8-4-6-10-21(19)29/h3-10,16-17,22-24,37H,11-13,15H2,1-2H3,(H,31,34)(H,32,35)/t16-,17-,22-,23-,24-/m0/s1. The summed E-state index contributed by atoms with van der Waals surface area (Å²) < 4.78 is 0. The molecule has 2 heterocycles. The number of nitrogens with zero attached hydrogens (tertiary/aromatic N) is 2. The summed E-state index contributed by atoms with van der Waals surface area (Å²) in [5.74, 6) is -1.28. The Hall–Kier alpha value is -3.70. The summed E-state index contributed by atoms with van der Waals surface area (Å²) in [7, 11) is 0. The third kappa shape index (κ3) is 3.33. The average molecular weight is 499 g/mol. The van der Waals surface area contributed by atoms with Crippen LogP contribution in [0.15, 0.2) is 48.5 Å². The summed E-state index contributed by atoms with van der Waals surface area (Å²) in [4.78, 5) is 41.5. The highest BCUT2D eigenvalue weighted by atomic mass is 16.3. The van der Waals surface area contributed by atoms with Gasteiger partial charge in [-0.15, -0.1) is 0 Å². The summed E-state index contributed by atoms with van der Waals surface area (Å²) in [6.07, 6.45) is 0.863. The molecule has 190 valence electrons. The first-order valence-corrected chi connectivity index (χ1v) is 12.9. The molecular weight excluding hydrogens is 468 g/mol. The Labute approximate surface area is 215 Å². The van der Waals surface area contributed by atoms with Crippen molar-refractivity contribution >= 4 is 17.7 Å². The van der Waals surface area contributed by atoms with E-state index in [1.807, 2.05) is 24.3 Å². The minimum absolute atomic E-state index is 0.0685. The molecule has 3 fully saturated rings. The molecule has 1 saturated carbocycles. The van der Waals surface area contributed by atoms with Crippen LogP contribution in [0, 0.1) is 34.5 Å². The zero-order valence-electron chi connectivity index (χ0n) is 20.9. The van der Waals surface area contributed by atoms with Crippen molar-refractivity contribution in [3.8, 4) is 17.2 Å². The van der Waals surface area contributed by atoms with Crippen LogP contribution >= 0.6 is 0 Å². The zero-order valence-corrected chi connectivity index (χ0v) is 20.9. The van der Waals surface area contributed by atoms with Gasteiger partial charge in [0.05, 0.1) is 6.07 Å². The van der Waals surface area contributed by atoms with E-state index in [0.29, 0.717) is 30.6 Å². The van der Waals surface area contributed by atoms with Gasteiger partial charge in [-0.1, -0.05) is 62.4 Å². The van der Waals surface area contributed by atoms with Gasteiger partial charge in [0.2, 0.25) is 11.8 Å². The van der Waals surface area contributed by atoms with Crippen LogP contribution in [0.1, 0.15) is 37.8 Å². The van der Waals surface area contributed by atoms with Gasteiger partial charge in [-0.2, -0.15) is 5.26 Å². The van der Waals surface area contributed by atoms with Crippen LogP contribution in [0.25, 0.3) is 11.1 Å². The normalized spacial score (nSPS) is 28.4. The van der Waals surface area contributed by atoms with Gasteiger partial charge in [0.25, 0.3) is 5.91 Å². The molecule has 2 saturated heterocycles. The average Bonchev–Trinajstić information content (AvgIpc) is 3.32. The lowest BCUT2D eigenvalue weighted by Gasteiger charge is -2.36. The van der Waals surface area contributed by atoms with Gasteiger partial charge in [-0.25, -0.2) is 0 Å². The topological polar surface area (TPSA) is 123 Å². The van der Waals surface area contributed by atoms with Gasteiger partial charge in [0.15, 0.2) is 5.60 Å². The number of hydrogen-bond acceptors (Lipinski definition) is 5. The molecular formula is C29H30N4O4. The van der Waals surface area contributed by atoms with Gasteiger partial charge in [-0.3, -0.25) is 14.4 Å². The SMILES string of the molecule is CC1(C)[C@@H]2[C@@H](C(=O)N[C@H](C#N)C[C@@H]3CCNC3=O)N(C(=O)C3(O)c4ccccc4-c4ccccc43)C[C@@H]21. The highest BCUT2D eigenvalue weighted by Crippen LogP contribution is 2.65. The van der Waals surface area contributed by atoms with E-state index in [9.17, 15) is 24.8 Å². The molecule has 4 aliphatic rings. The van der Waals surface area contributed by atoms with E-state index in [1.165, 1.54) is 4.90 Å². The van der Waals surface area contributed by atoms with E-state index < -0.39 is 29.5 Å². The van der Waals surface area contributed by atoms with Gasteiger partial charge >= 0.3 is 0 Å². The first-order valence-electron chi connectivity index (χ1n) is 12.9. The fourth-order valence-corrected chi connectivity index (χ4v) is 7.00. The summed E-state index contributed by atoms with van der Waals surface area (Å²) >= 11 is 0. The van der Waals surface area contributed by atoms with E-state index in [1.54, 1.807) is 24.3 Å². The van der Waals surface area contributed by atoms with Crippen molar-refractivity contribution in [2.75, 3.05) is 13.1 Å². The van der Waals surface area contributed by atoms with Crippen LogP contribution in [0.4, 0.5) is 0 Å². The number of piperidine rings is 1. The van der Waals surface area contributed by atoms with Crippen LogP contribution in [0.2, 0.25) is 0 Å². The number of amides is 3. The monoisotopic (exact) mass is 498 g/mol. The number of aliphatic hydroxyl groups is 1. The number of likely N-dealkylation sites (tertiary alicyclic amines) is 1. The smallest absolute Gasteiger partial charge is 0.264 e. The van der Waals surface area contributed by atoms with Crippen LogP contribution in [0.5, 0.6) is 0 Å². The van der Waals surface area contributed by atoms with Crippen molar-refractivity contribution in [1.82, 2.24) is 15.5 Å². The number of carbonyl (C=O) groups excluding carboxylic acids is 3. The predicted octanol–water partition coefficient (Wildman–Crippen LogP) is 1.92. The van der Waals surface area contributed by atoms with Crippen LogP contribution in [-0.2, 0) is 20.0 Å². The molecule has 2 aliphatic carbocycles. The zero-order chi connectivity index (χ0) is 26.1. The number of benzene rings is 2. The number of nitrogens with one attached hydrogen (secondary N) is 2. The second-order valence-corrected chi connectivity index (χ2v) is 11.4. The first-order chi connectivity index (χ1) is 17.7. The van der Waals surface area contributed by atoms with Gasteiger partial charge in [0, 0.05) is 30.1 Å². The molecule has 6 rings (SSSR count). The Morgan fingerprint density at radius 1 is 1.16 bits per heavy atom. The number of carbonyl (C=O) groups is 3. The Kier molecular flexibility index (Phi) is 5.22. The number of nitriles is 1. The molecule has 5 atom stereocenters. The van der Waals surface area contributed by atoms with Crippen LogP contribution in [-0.4, -0.2) is 52.9 Å². The quantitative estimate of drug-likeness (QED) is 0.581. The second kappa shape index (κ2) is 8.15. The fourth-order valence-electron chi connectivity index (χ4n) is 7.00. The van der Waals surface area contributed by atoms with Crippen molar-refractivity contribution in [2.24, 2.45) is 23.2 Å². The molecule has 37 heavy (non-hydrogen) atoms. The van der Waals surface area contributed by atoms with Gasteiger partial charge < -0.3 is 20.6 Å².